The molecule has 0 saturated carbocycles. The van der Waals surface area contributed by atoms with E-state index in [1.165, 1.54) is 6.07 Å². The van der Waals surface area contributed by atoms with Crippen LogP contribution in [0.15, 0.2) is 12.1 Å². The first-order valence-corrected chi connectivity index (χ1v) is 7.69. The van der Waals surface area contributed by atoms with Crippen molar-refractivity contribution in [2.75, 3.05) is 6.54 Å². The van der Waals surface area contributed by atoms with Crippen molar-refractivity contribution in [3.63, 3.8) is 0 Å². The van der Waals surface area contributed by atoms with Gasteiger partial charge in [0.1, 0.15) is 0 Å². The molecular weight excluding hydrogens is 423 g/mol. The van der Waals surface area contributed by atoms with E-state index >= 15 is 0 Å². The van der Waals surface area contributed by atoms with Crippen molar-refractivity contribution in [1.82, 2.24) is 15.5 Å². The number of nitrogens with one attached hydrogen (secondary N) is 1. The van der Waals surface area contributed by atoms with Crippen molar-refractivity contribution >= 4 is 60.6 Å². The molecule has 2 aromatic rings. The molecule has 0 spiro atoms. The molecule has 0 aliphatic carbocycles. The van der Waals surface area contributed by atoms with Crippen LogP contribution in [0.2, 0.25) is 0 Å². The van der Waals surface area contributed by atoms with Gasteiger partial charge in [0.05, 0.1) is 0 Å². The Hall–Kier alpha value is -0.752. The summed E-state index contributed by atoms with van der Waals surface area (Å²) in [5, 5.41) is 11.4. The molecule has 1 N–H and O–H groups in total. The molecule has 19 heavy (non-hydrogen) atoms. The first-order valence-electron chi connectivity index (χ1n) is 5.67. The van der Waals surface area contributed by atoms with E-state index in [4.69, 9.17) is 0 Å². The van der Waals surface area contributed by atoms with Crippen LogP contribution in [0.5, 0.6) is 0 Å². The zero-order valence-corrected chi connectivity index (χ0v) is 14.1. The molecule has 1 aromatic carbocycles. The summed E-state index contributed by atoms with van der Waals surface area (Å²) in [6.07, 6.45) is 0.851. The van der Waals surface area contributed by atoms with E-state index in [0.717, 1.165) is 11.8 Å². The number of carbonyl (C=O) groups is 1. The Balaban J connectivity index is 2.52. The second kappa shape index (κ2) is 6.13. The summed E-state index contributed by atoms with van der Waals surface area (Å²) in [7, 11) is 0. The van der Waals surface area contributed by atoms with Crippen molar-refractivity contribution in [2.45, 2.75) is 13.3 Å². The number of rotatable bonds is 3. The average Bonchev–Trinajstić information content (AvgIpc) is 2.41. The van der Waals surface area contributed by atoms with Crippen LogP contribution < -0.4 is 9.67 Å². The minimum absolute atomic E-state index is 0.258. The molecule has 2 rings (SSSR count). The van der Waals surface area contributed by atoms with Crippen LogP contribution in [0.1, 0.15) is 23.8 Å². The molecule has 0 saturated heterocycles. The summed E-state index contributed by atoms with van der Waals surface area (Å²) in [5.41, 5.74) is 0.742. The number of carbonyl (C=O) groups excluding carboxylic acids is 1. The maximum absolute atomic E-state index is 13.4. The third kappa shape index (κ3) is 2.89. The first kappa shape index (κ1) is 14.7. The minimum atomic E-state index is -0.336. The number of fused-ring (bicyclic) bond motifs is 1. The second-order valence-electron chi connectivity index (χ2n) is 3.91. The van der Waals surface area contributed by atoms with Crippen LogP contribution in [0.3, 0.4) is 0 Å². The fourth-order valence-corrected chi connectivity index (χ4v) is 2.84. The molecule has 0 aliphatic heterocycles. The Bertz CT molecular complexity index is 650. The van der Waals surface area contributed by atoms with Gasteiger partial charge in [-0.1, -0.05) is 0 Å². The maximum atomic E-state index is 13.4. The van der Waals surface area contributed by atoms with Gasteiger partial charge in [0.25, 0.3) is 0 Å². The van der Waals surface area contributed by atoms with E-state index in [9.17, 15) is 9.18 Å². The van der Waals surface area contributed by atoms with E-state index < -0.39 is 0 Å². The standard InChI is InChI=1S/C12H10AsFIN3O/c1-2-5-16-12(19)11-8(13)6-3-4-7(14)9(15)10(6)17-18-11/h3-4H,2,5H2,1H3,(H,16,19). The Morgan fingerprint density at radius 2 is 2.21 bits per heavy atom. The van der Waals surface area contributed by atoms with Crippen LogP contribution in [0.25, 0.3) is 10.9 Å². The fourth-order valence-electron chi connectivity index (χ4n) is 1.58. The van der Waals surface area contributed by atoms with Crippen molar-refractivity contribution < 1.29 is 9.18 Å². The Morgan fingerprint density at radius 1 is 1.47 bits per heavy atom. The normalized spacial score (nSPS) is 10.7. The van der Waals surface area contributed by atoms with Gasteiger partial charge in [0.15, 0.2) is 0 Å². The van der Waals surface area contributed by atoms with Crippen molar-refractivity contribution in [1.29, 1.82) is 0 Å². The molecule has 2 radical (unpaired) electrons. The number of aromatic nitrogens is 2. The molecule has 7 heteroatoms. The summed E-state index contributed by atoms with van der Waals surface area (Å²) in [4.78, 5) is 11.9. The van der Waals surface area contributed by atoms with Crippen molar-refractivity contribution in [2.24, 2.45) is 0 Å². The molecule has 1 aromatic heterocycles. The summed E-state index contributed by atoms with van der Waals surface area (Å²) in [6.45, 7) is 2.56. The number of benzene rings is 1. The Labute approximate surface area is 132 Å². The molecular formula is C12H10AsFIN3O. The number of halogens is 2. The van der Waals surface area contributed by atoms with Gasteiger partial charge in [-0.05, 0) is 0 Å². The zero-order valence-electron chi connectivity index (χ0n) is 10.1. The molecule has 0 atom stereocenters. The van der Waals surface area contributed by atoms with E-state index in [0.29, 0.717) is 20.0 Å². The van der Waals surface area contributed by atoms with E-state index in [2.05, 4.69) is 32.4 Å². The van der Waals surface area contributed by atoms with Gasteiger partial charge in [-0.2, -0.15) is 0 Å². The first-order chi connectivity index (χ1) is 9.06. The average molecular weight is 433 g/mol. The fraction of sp³-hybridized carbons (Fsp3) is 0.250. The Morgan fingerprint density at radius 3 is 2.89 bits per heavy atom. The topological polar surface area (TPSA) is 54.9 Å². The van der Waals surface area contributed by atoms with Gasteiger partial charge in [0, 0.05) is 0 Å². The van der Waals surface area contributed by atoms with Gasteiger partial charge in [0.2, 0.25) is 0 Å². The SMILES string of the molecule is CCCNC(=O)c1nnc2c(I)c(F)ccc2c1[As]. The van der Waals surface area contributed by atoms with Crippen molar-refractivity contribution in [3.05, 3.63) is 27.2 Å². The van der Waals surface area contributed by atoms with Crippen LogP contribution in [-0.4, -0.2) is 39.5 Å². The second-order valence-corrected chi connectivity index (χ2v) is 5.93. The number of hydrogen-bond acceptors (Lipinski definition) is 3. The van der Waals surface area contributed by atoms with Gasteiger partial charge in [-0.15, -0.1) is 0 Å². The van der Waals surface area contributed by atoms with Gasteiger partial charge in [-0.3, -0.25) is 0 Å². The summed E-state index contributed by atoms with van der Waals surface area (Å²) in [5.74, 6) is -0.594. The molecule has 1 heterocycles. The molecule has 4 nitrogen and oxygen atoms in total. The molecule has 0 aliphatic rings. The summed E-state index contributed by atoms with van der Waals surface area (Å²) >= 11 is 4.20. The molecule has 0 unspecified atom stereocenters. The van der Waals surface area contributed by atoms with Crippen molar-refractivity contribution in [3.8, 4) is 0 Å². The Kier molecular flexibility index (Phi) is 4.73. The van der Waals surface area contributed by atoms with E-state index in [-0.39, 0.29) is 17.4 Å². The van der Waals surface area contributed by atoms with E-state index in [1.807, 2.05) is 29.5 Å². The number of hydrogen-bond donors (Lipinski definition) is 1. The van der Waals surface area contributed by atoms with Crippen LogP contribution in [0, 0.1) is 9.39 Å². The number of amides is 1. The quantitative estimate of drug-likeness (QED) is 0.587. The monoisotopic (exact) mass is 433 g/mol. The third-order valence-electron chi connectivity index (χ3n) is 2.55. The molecule has 1 amide bonds. The summed E-state index contributed by atoms with van der Waals surface area (Å²) in [6, 6.07) is 2.99. The van der Waals surface area contributed by atoms with Crippen LogP contribution in [-0.2, 0) is 0 Å². The third-order valence-corrected chi connectivity index (χ3v) is 4.53. The van der Waals surface area contributed by atoms with Crippen LogP contribution in [0.4, 0.5) is 4.39 Å². The predicted octanol–water partition coefficient (Wildman–Crippen LogP) is 1.31. The zero-order chi connectivity index (χ0) is 14.0. The summed E-state index contributed by atoms with van der Waals surface area (Å²) < 4.78 is 14.5. The molecule has 0 bridgehead atoms. The van der Waals surface area contributed by atoms with Gasteiger partial charge in [-0.25, -0.2) is 0 Å². The van der Waals surface area contributed by atoms with Crippen LogP contribution >= 0.6 is 22.6 Å². The van der Waals surface area contributed by atoms with Gasteiger partial charge < -0.3 is 0 Å². The van der Waals surface area contributed by atoms with E-state index in [1.54, 1.807) is 6.07 Å². The molecule has 0 fully saturated rings. The predicted molar refractivity (Wildman–Crippen MR) is 80.2 cm³/mol. The molecule has 98 valence electrons. The number of nitrogens with zero attached hydrogens (tertiary/aromatic N) is 2. The van der Waals surface area contributed by atoms with Gasteiger partial charge >= 0.3 is 132 Å².